The third kappa shape index (κ3) is 6.62. The van der Waals surface area contributed by atoms with Gasteiger partial charge in [0.1, 0.15) is 17.7 Å². The van der Waals surface area contributed by atoms with E-state index in [9.17, 15) is 19.5 Å². The summed E-state index contributed by atoms with van der Waals surface area (Å²) in [7, 11) is 0. The van der Waals surface area contributed by atoms with E-state index in [-0.39, 0.29) is 18.5 Å². The highest BCUT2D eigenvalue weighted by atomic mass is 16.6. The number of rotatable bonds is 6. The number of ether oxygens (including phenoxy) is 3. The van der Waals surface area contributed by atoms with Crippen molar-refractivity contribution < 1.29 is 33.7 Å². The lowest BCUT2D eigenvalue weighted by molar-refractivity contribution is -0.153. The summed E-state index contributed by atoms with van der Waals surface area (Å²) < 4.78 is 16.1. The number of hydrogen-bond acceptors (Lipinski definition) is 8. The highest BCUT2D eigenvalue weighted by Crippen LogP contribution is 2.42. The molecule has 34 heavy (non-hydrogen) atoms. The van der Waals surface area contributed by atoms with Crippen LogP contribution in [0.1, 0.15) is 66.7 Å². The fraction of sp³-hybridized carbons (Fsp3) is 0.880. The van der Waals surface area contributed by atoms with Gasteiger partial charge in [0.25, 0.3) is 0 Å². The van der Waals surface area contributed by atoms with E-state index in [2.05, 4.69) is 4.90 Å². The summed E-state index contributed by atoms with van der Waals surface area (Å²) in [6.45, 7) is 11.3. The van der Waals surface area contributed by atoms with Gasteiger partial charge in [-0.2, -0.15) is 0 Å². The number of likely N-dealkylation sites (tertiary alicyclic amines) is 2. The van der Waals surface area contributed by atoms with Crippen LogP contribution in [0.4, 0.5) is 4.79 Å². The first-order valence-corrected chi connectivity index (χ1v) is 12.8. The second kappa shape index (κ2) is 11.2. The van der Waals surface area contributed by atoms with Gasteiger partial charge in [0, 0.05) is 26.1 Å². The number of nitrogens with zero attached hydrogens (tertiary/aromatic N) is 2. The quantitative estimate of drug-likeness (QED) is 0.455. The number of aliphatic hydroxyl groups excluding tert-OH is 1. The Labute approximate surface area is 203 Å². The molecule has 1 amide bonds. The van der Waals surface area contributed by atoms with Gasteiger partial charge in [-0.15, -0.1) is 0 Å². The van der Waals surface area contributed by atoms with E-state index in [1.807, 2.05) is 20.8 Å². The molecule has 2 aliphatic heterocycles. The van der Waals surface area contributed by atoms with Crippen LogP contribution in [0.5, 0.6) is 0 Å². The molecule has 6 atom stereocenters. The first kappa shape index (κ1) is 26.7. The van der Waals surface area contributed by atoms with Crippen molar-refractivity contribution in [2.24, 2.45) is 17.8 Å². The van der Waals surface area contributed by atoms with Crippen LogP contribution >= 0.6 is 0 Å². The fourth-order valence-corrected chi connectivity index (χ4v) is 5.79. The molecule has 3 fully saturated rings. The Balaban J connectivity index is 1.67. The SMILES string of the molecule is CCOC(=O)C1CC2C[C@@H](CN3C[C@H](O)C[C@H]3C(=O)OCC)CC[C@H]2CN1C(=O)OC(C)(C)C. The van der Waals surface area contributed by atoms with E-state index in [1.165, 1.54) is 0 Å². The highest BCUT2D eigenvalue weighted by Gasteiger charge is 2.46. The lowest BCUT2D eigenvalue weighted by Gasteiger charge is -2.47. The maximum atomic E-state index is 12.9. The summed E-state index contributed by atoms with van der Waals surface area (Å²) in [5, 5.41) is 10.2. The minimum atomic E-state index is -0.643. The van der Waals surface area contributed by atoms with E-state index in [4.69, 9.17) is 14.2 Å². The van der Waals surface area contributed by atoms with Crippen molar-refractivity contribution in [2.45, 2.75) is 90.5 Å². The Bertz CT molecular complexity index is 737. The van der Waals surface area contributed by atoms with Crippen LogP contribution in [0.25, 0.3) is 0 Å². The van der Waals surface area contributed by atoms with Crippen molar-refractivity contribution in [2.75, 3.05) is 32.8 Å². The third-order valence-electron chi connectivity index (χ3n) is 7.20. The van der Waals surface area contributed by atoms with Crippen LogP contribution in [0.15, 0.2) is 0 Å². The summed E-state index contributed by atoms with van der Waals surface area (Å²) in [5.74, 6) is 0.319. The van der Waals surface area contributed by atoms with Gasteiger partial charge in [-0.25, -0.2) is 9.59 Å². The Kier molecular flexibility index (Phi) is 8.84. The number of carbonyl (C=O) groups excluding carboxylic acids is 3. The molecule has 9 nitrogen and oxygen atoms in total. The Morgan fingerprint density at radius 2 is 1.53 bits per heavy atom. The van der Waals surface area contributed by atoms with Crippen LogP contribution in [-0.4, -0.2) is 89.6 Å². The van der Waals surface area contributed by atoms with Gasteiger partial charge in [0.05, 0.1) is 19.3 Å². The van der Waals surface area contributed by atoms with Gasteiger partial charge in [0.2, 0.25) is 0 Å². The van der Waals surface area contributed by atoms with Gasteiger partial charge >= 0.3 is 18.0 Å². The molecule has 0 spiro atoms. The predicted octanol–water partition coefficient (Wildman–Crippen LogP) is 2.59. The lowest BCUT2D eigenvalue weighted by atomic mass is 9.69. The van der Waals surface area contributed by atoms with Crippen LogP contribution in [-0.2, 0) is 23.8 Å². The summed E-state index contributed by atoms with van der Waals surface area (Å²) in [6, 6.07) is -1.04. The molecule has 2 heterocycles. The van der Waals surface area contributed by atoms with E-state index in [0.717, 1.165) is 25.8 Å². The summed E-state index contributed by atoms with van der Waals surface area (Å²) in [5.41, 5.74) is -0.638. The molecule has 2 unspecified atom stereocenters. The summed E-state index contributed by atoms with van der Waals surface area (Å²) in [6.07, 6.45) is 2.84. The highest BCUT2D eigenvalue weighted by molar-refractivity contribution is 5.82. The molecule has 0 aromatic heterocycles. The fourth-order valence-electron chi connectivity index (χ4n) is 5.79. The second-order valence-corrected chi connectivity index (χ2v) is 10.9. The summed E-state index contributed by atoms with van der Waals surface area (Å²) >= 11 is 0. The minimum absolute atomic E-state index is 0.263. The molecule has 194 valence electrons. The first-order chi connectivity index (χ1) is 16.0. The minimum Gasteiger partial charge on any atom is -0.465 e. The molecular formula is C25H42N2O7. The molecule has 2 saturated heterocycles. The molecular weight excluding hydrogens is 440 g/mol. The van der Waals surface area contributed by atoms with Crippen LogP contribution in [0, 0.1) is 17.8 Å². The van der Waals surface area contributed by atoms with Gasteiger partial charge in [-0.05, 0) is 78.1 Å². The predicted molar refractivity (Wildman–Crippen MR) is 125 cm³/mol. The molecule has 1 saturated carbocycles. The van der Waals surface area contributed by atoms with Crippen molar-refractivity contribution in [3.8, 4) is 0 Å². The number of hydrogen-bond donors (Lipinski definition) is 1. The van der Waals surface area contributed by atoms with E-state index < -0.39 is 29.9 Å². The zero-order valence-electron chi connectivity index (χ0n) is 21.3. The summed E-state index contributed by atoms with van der Waals surface area (Å²) in [4.78, 5) is 41.7. The van der Waals surface area contributed by atoms with Crippen LogP contribution in [0.2, 0.25) is 0 Å². The largest absolute Gasteiger partial charge is 0.465 e. The van der Waals surface area contributed by atoms with Crippen molar-refractivity contribution >= 4 is 18.0 Å². The molecule has 0 radical (unpaired) electrons. The molecule has 1 aliphatic carbocycles. The first-order valence-electron chi connectivity index (χ1n) is 12.8. The van der Waals surface area contributed by atoms with E-state index in [1.54, 1.807) is 18.7 Å². The maximum Gasteiger partial charge on any atom is 0.411 e. The van der Waals surface area contributed by atoms with Gasteiger partial charge in [-0.3, -0.25) is 14.6 Å². The smallest absolute Gasteiger partial charge is 0.411 e. The normalized spacial score (nSPS) is 32.1. The second-order valence-electron chi connectivity index (χ2n) is 10.9. The molecule has 1 N–H and O–H groups in total. The van der Waals surface area contributed by atoms with Crippen molar-refractivity contribution in [3.05, 3.63) is 0 Å². The molecule has 9 heteroatoms. The molecule has 3 aliphatic rings. The number of carbonyl (C=O) groups is 3. The standard InChI is InChI=1S/C25H42N2O7/c1-6-32-22(29)20-12-19(28)15-26(20)13-16-8-9-17-14-27(24(31)34-25(3,4)5)21(11-18(17)10-16)23(30)33-7-2/h16-21,28H,6-15H2,1-5H3/t16-,17-,18?,19+,20-,21?/m0/s1. The Morgan fingerprint density at radius 3 is 2.15 bits per heavy atom. The van der Waals surface area contributed by atoms with Crippen molar-refractivity contribution in [1.29, 1.82) is 0 Å². The average molecular weight is 483 g/mol. The maximum absolute atomic E-state index is 12.9. The number of esters is 2. The van der Waals surface area contributed by atoms with E-state index >= 15 is 0 Å². The average Bonchev–Trinajstić information content (AvgIpc) is 3.12. The topological polar surface area (TPSA) is 106 Å². The monoisotopic (exact) mass is 482 g/mol. The van der Waals surface area contributed by atoms with Crippen molar-refractivity contribution in [3.63, 3.8) is 0 Å². The molecule has 3 rings (SSSR count). The number of amides is 1. The van der Waals surface area contributed by atoms with Gasteiger partial charge < -0.3 is 19.3 Å². The Hall–Kier alpha value is -1.87. The molecule has 0 aromatic rings. The number of piperidine rings is 1. The van der Waals surface area contributed by atoms with Crippen LogP contribution in [0.3, 0.4) is 0 Å². The number of β-amino-alcohol motifs (C(OH)–C–C–N with tert-alkyl or cyclic N) is 1. The zero-order valence-corrected chi connectivity index (χ0v) is 21.3. The van der Waals surface area contributed by atoms with Gasteiger partial charge in [-0.1, -0.05) is 0 Å². The third-order valence-corrected chi connectivity index (χ3v) is 7.20. The number of fused-ring (bicyclic) bond motifs is 1. The van der Waals surface area contributed by atoms with E-state index in [0.29, 0.717) is 50.3 Å². The van der Waals surface area contributed by atoms with Crippen molar-refractivity contribution in [1.82, 2.24) is 9.80 Å². The zero-order chi connectivity index (χ0) is 25.0. The molecule has 0 bridgehead atoms. The van der Waals surface area contributed by atoms with Gasteiger partial charge in [0.15, 0.2) is 0 Å². The molecule has 0 aromatic carbocycles. The number of aliphatic hydroxyl groups is 1. The Morgan fingerprint density at radius 1 is 0.882 bits per heavy atom. The lowest BCUT2D eigenvalue weighted by Crippen LogP contribution is -2.56. The van der Waals surface area contributed by atoms with Crippen LogP contribution < -0.4 is 0 Å².